The summed E-state index contributed by atoms with van der Waals surface area (Å²) in [6, 6.07) is 8.16. The lowest BCUT2D eigenvalue weighted by molar-refractivity contribution is -0.120. The summed E-state index contributed by atoms with van der Waals surface area (Å²) in [7, 11) is 0. The van der Waals surface area contributed by atoms with Gasteiger partial charge in [0.2, 0.25) is 5.91 Å². The van der Waals surface area contributed by atoms with Crippen molar-refractivity contribution in [3.05, 3.63) is 64.9 Å². The minimum absolute atomic E-state index is 0.0821. The molecule has 2 N–H and O–H groups in total. The smallest absolute Gasteiger partial charge is 0.256 e. The van der Waals surface area contributed by atoms with Gasteiger partial charge in [-0.25, -0.2) is 8.78 Å². The molecule has 4 rings (SSSR count). The highest BCUT2D eigenvalue weighted by molar-refractivity contribution is 6.08. The van der Waals surface area contributed by atoms with E-state index in [9.17, 15) is 18.4 Å². The molecular weight excluding hydrogens is 382 g/mol. The van der Waals surface area contributed by atoms with Crippen LogP contribution in [0.25, 0.3) is 11.0 Å². The van der Waals surface area contributed by atoms with Gasteiger partial charge >= 0.3 is 0 Å². The number of halogens is 2. The summed E-state index contributed by atoms with van der Waals surface area (Å²) in [6.07, 6.45) is 0.521. The van der Waals surface area contributed by atoms with Crippen molar-refractivity contribution in [1.82, 2.24) is 10.6 Å². The van der Waals surface area contributed by atoms with Crippen molar-refractivity contribution in [3.63, 3.8) is 0 Å². The minimum atomic E-state index is -0.956. The zero-order valence-corrected chi connectivity index (χ0v) is 15.6. The summed E-state index contributed by atoms with van der Waals surface area (Å²) >= 11 is 0. The highest BCUT2D eigenvalue weighted by atomic mass is 19.2. The van der Waals surface area contributed by atoms with Crippen LogP contribution in [-0.4, -0.2) is 24.4 Å². The van der Waals surface area contributed by atoms with Gasteiger partial charge in [-0.3, -0.25) is 9.59 Å². The Balaban J connectivity index is 1.58. The number of carbonyl (C=O) groups excluding carboxylic acids is 2. The largest absolute Gasteiger partial charge is 0.489 e. The maximum Gasteiger partial charge on any atom is 0.256 e. The lowest BCUT2D eigenvalue weighted by atomic mass is 10.1. The molecule has 0 spiro atoms. The zero-order valence-electron chi connectivity index (χ0n) is 15.6. The molecule has 1 aliphatic heterocycles. The predicted octanol–water partition coefficient (Wildman–Crippen LogP) is 3.22. The molecule has 8 heteroatoms. The van der Waals surface area contributed by atoms with Crippen molar-refractivity contribution in [2.75, 3.05) is 6.54 Å². The van der Waals surface area contributed by atoms with Crippen LogP contribution in [0.4, 0.5) is 8.78 Å². The van der Waals surface area contributed by atoms with Gasteiger partial charge < -0.3 is 19.8 Å². The van der Waals surface area contributed by atoms with Gasteiger partial charge in [0, 0.05) is 17.5 Å². The van der Waals surface area contributed by atoms with Gasteiger partial charge in [-0.05, 0) is 37.6 Å². The van der Waals surface area contributed by atoms with Crippen LogP contribution in [0.3, 0.4) is 0 Å². The van der Waals surface area contributed by atoms with E-state index in [-0.39, 0.29) is 18.1 Å². The van der Waals surface area contributed by atoms with Crippen LogP contribution < -0.4 is 15.4 Å². The van der Waals surface area contributed by atoms with Gasteiger partial charge in [0.25, 0.3) is 5.91 Å². The van der Waals surface area contributed by atoms with Crippen molar-refractivity contribution in [2.24, 2.45) is 0 Å². The second kappa shape index (κ2) is 7.54. The number of furan rings is 1. The van der Waals surface area contributed by atoms with Crippen molar-refractivity contribution < 1.29 is 27.5 Å². The molecule has 6 nitrogen and oxygen atoms in total. The van der Waals surface area contributed by atoms with E-state index in [0.29, 0.717) is 41.0 Å². The monoisotopic (exact) mass is 400 g/mol. The minimum Gasteiger partial charge on any atom is -0.489 e. The number of rotatable bonds is 5. The fourth-order valence-electron chi connectivity index (χ4n) is 3.35. The summed E-state index contributed by atoms with van der Waals surface area (Å²) in [5.74, 6) is -1.76. The van der Waals surface area contributed by atoms with Gasteiger partial charge in [0.15, 0.2) is 11.6 Å². The molecule has 1 unspecified atom stereocenters. The Morgan fingerprint density at radius 1 is 1.31 bits per heavy atom. The standard InChI is InChI=1S/C21H18F2N2O4/c1-11-18(21(27)25-16-7-8-24-20(16)26)14-9-13(5-6-17(14)29-11)28-10-12-3-2-4-15(22)19(12)23/h2-6,9,16H,7-8,10H2,1H3,(H,24,26)(H,25,27). The van der Waals surface area contributed by atoms with Crippen molar-refractivity contribution >= 4 is 22.8 Å². The molecule has 2 amide bonds. The normalized spacial score (nSPS) is 16.1. The van der Waals surface area contributed by atoms with E-state index in [1.807, 2.05) is 0 Å². The van der Waals surface area contributed by atoms with Gasteiger partial charge in [-0.1, -0.05) is 12.1 Å². The molecule has 1 fully saturated rings. The molecule has 2 heterocycles. The van der Waals surface area contributed by atoms with E-state index in [0.717, 1.165) is 6.07 Å². The molecule has 2 aromatic carbocycles. The number of carbonyl (C=O) groups is 2. The Kier molecular flexibility index (Phi) is 4.92. The third-order valence-electron chi connectivity index (χ3n) is 4.84. The number of amides is 2. The second-order valence-electron chi connectivity index (χ2n) is 6.80. The number of aryl methyl sites for hydroxylation is 1. The van der Waals surface area contributed by atoms with Crippen LogP contribution in [0.15, 0.2) is 40.8 Å². The molecule has 0 saturated carbocycles. The SMILES string of the molecule is Cc1oc2ccc(OCc3cccc(F)c3F)cc2c1C(=O)NC1CCNC1=O. The maximum absolute atomic E-state index is 13.8. The second-order valence-corrected chi connectivity index (χ2v) is 6.80. The third-order valence-corrected chi connectivity index (χ3v) is 4.84. The van der Waals surface area contributed by atoms with E-state index in [4.69, 9.17) is 9.15 Å². The topological polar surface area (TPSA) is 80.6 Å². The highest BCUT2D eigenvalue weighted by Gasteiger charge is 2.28. The lowest BCUT2D eigenvalue weighted by Gasteiger charge is -2.10. The summed E-state index contributed by atoms with van der Waals surface area (Å²) in [5, 5.41) is 5.89. The molecule has 0 bridgehead atoms. The Labute approximate surface area is 164 Å². The average molecular weight is 400 g/mol. The molecule has 0 aliphatic carbocycles. The molecule has 0 radical (unpaired) electrons. The molecule has 1 atom stereocenters. The van der Waals surface area contributed by atoms with Gasteiger partial charge in [0.1, 0.15) is 29.7 Å². The first-order chi connectivity index (χ1) is 13.9. The number of hydrogen-bond acceptors (Lipinski definition) is 4. The van der Waals surface area contributed by atoms with Crippen LogP contribution in [0.2, 0.25) is 0 Å². The number of benzene rings is 2. The van der Waals surface area contributed by atoms with Crippen molar-refractivity contribution in [1.29, 1.82) is 0 Å². The summed E-state index contributed by atoms with van der Waals surface area (Å²) in [6.45, 7) is 2.01. The van der Waals surface area contributed by atoms with Gasteiger partial charge in [0.05, 0.1) is 5.56 Å². The van der Waals surface area contributed by atoms with E-state index < -0.39 is 23.6 Å². The number of ether oxygens (including phenoxy) is 1. The zero-order chi connectivity index (χ0) is 20.5. The Bertz CT molecular complexity index is 1110. The fourth-order valence-corrected chi connectivity index (χ4v) is 3.35. The molecular formula is C21H18F2N2O4. The summed E-state index contributed by atoms with van der Waals surface area (Å²) < 4.78 is 38.4. The van der Waals surface area contributed by atoms with Crippen molar-refractivity contribution in [2.45, 2.75) is 26.0 Å². The Morgan fingerprint density at radius 2 is 2.14 bits per heavy atom. The first-order valence-electron chi connectivity index (χ1n) is 9.11. The van der Waals surface area contributed by atoms with Crippen LogP contribution in [0, 0.1) is 18.6 Å². The van der Waals surface area contributed by atoms with Crippen LogP contribution >= 0.6 is 0 Å². The van der Waals surface area contributed by atoms with Gasteiger partial charge in [-0.2, -0.15) is 0 Å². The number of fused-ring (bicyclic) bond motifs is 1. The molecule has 1 aromatic heterocycles. The van der Waals surface area contributed by atoms with Gasteiger partial charge in [-0.15, -0.1) is 0 Å². The lowest BCUT2D eigenvalue weighted by Crippen LogP contribution is -2.40. The van der Waals surface area contributed by atoms with Crippen LogP contribution in [0.1, 0.15) is 28.1 Å². The van der Waals surface area contributed by atoms with E-state index in [1.54, 1.807) is 25.1 Å². The highest BCUT2D eigenvalue weighted by Crippen LogP contribution is 2.30. The maximum atomic E-state index is 13.8. The van der Waals surface area contributed by atoms with E-state index in [1.165, 1.54) is 12.1 Å². The Morgan fingerprint density at radius 3 is 2.90 bits per heavy atom. The first-order valence-corrected chi connectivity index (χ1v) is 9.11. The van der Waals surface area contributed by atoms with Crippen LogP contribution in [-0.2, 0) is 11.4 Å². The fraction of sp³-hybridized carbons (Fsp3) is 0.238. The third kappa shape index (κ3) is 3.65. The molecule has 3 aromatic rings. The quantitative estimate of drug-likeness (QED) is 0.689. The first kappa shape index (κ1) is 18.9. The summed E-state index contributed by atoms with van der Waals surface area (Å²) in [5.41, 5.74) is 0.869. The summed E-state index contributed by atoms with van der Waals surface area (Å²) in [4.78, 5) is 24.5. The molecule has 1 aliphatic rings. The number of hydrogen-bond donors (Lipinski definition) is 2. The van der Waals surface area contributed by atoms with E-state index in [2.05, 4.69) is 10.6 Å². The number of nitrogens with one attached hydrogen (secondary N) is 2. The molecule has 29 heavy (non-hydrogen) atoms. The molecule has 1 saturated heterocycles. The van der Waals surface area contributed by atoms with E-state index >= 15 is 0 Å². The predicted molar refractivity (Wildman–Crippen MR) is 101 cm³/mol. The average Bonchev–Trinajstić information content (AvgIpc) is 3.24. The Hall–Kier alpha value is -3.42. The van der Waals surface area contributed by atoms with Crippen LogP contribution in [0.5, 0.6) is 5.75 Å². The van der Waals surface area contributed by atoms with Crippen molar-refractivity contribution in [3.8, 4) is 5.75 Å². The molecule has 150 valence electrons.